The number of nitrogens with two attached hydrogens (primary N) is 1. The first-order chi connectivity index (χ1) is 12.2. The number of nitrogens with zero attached hydrogens (tertiary/aromatic N) is 2. The summed E-state index contributed by atoms with van der Waals surface area (Å²) < 4.78 is 29.1. The molecule has 1 spiro atoms. The number of rotatable bonds is 4. The van der Waals surface area contributed by atoms with Crippen LogP contribution in [0.2, 0.25) is 0 Å². The van der Waals surface area contributed by atoms with Crippen LogP contribution in [0.25, 0.3) is 0 Å². The topological polar surface area (TPSA) is 92.9 Å². The van der Waals surface area contributed by atoms with E-state index in [2.05, 4.69) is 19.0 Å². The van der Waals surface area contributed by atoms with E-state index < -0.39 is 10.0 Å². The van der Waals surface area contributed by atoms with Gasteiger partial charge >= 0.3 is 0 Å². The monoisotopic (exact) mass is 379 g/mol. The number of likely N-dealkylation sites (tertiary alicyclic amines) is 1. The van der Waals surface area contributed by atoms with Crippen molar-refractivity contribution in [1.82, 2.24) is 9.80 Å². The predicted octanol–water partition coefficient (Wildman–Crippen LogP) is 0.515. The zero-order chi connectivity index (χ0) is 18.7. The van der Waals surface area contributed by atoms with Gasteiger partial charge in [-0.15, -0.1) is 0 Å². The molecule has 7 nitrogen and oxygen atoms in total. The Morgan fingerprint density at radius 3 is 2.65 bits per heavy atom. The lowest BCUT2D eigenvalue weighted by Crippen LogP contribution is -2.40. The molecule has 3 aliphatic heterocycles. The molecule has 0 unspecified atom stereocenters. The first-order valence-corrected chi connectivity index (χ1v) is 10.5. The highest BCUT2D eigenvalue weighted by molar-refractivity contribution is 7.89. The smallest absolute Gasteiger partial charge is 0.253 e. The van der Waals surface area contributed by atoms with Crippen molar-refractivity contribution in [3.05, 3.63) is 29.8 Å². The highest BCUT2D eigenvalue weighted by Gasteiger charge is 2.63. The number of sulfonamides is 1. The van der Waals surface area contributed by atoms with Crippen molar-refractivity contribution in [2.24, 2.45) is 17.0 Å². The Hall–Kier alpha value is -1.48. The molecule has 3 aliphatic rings. The Balaban J connectivity index is 1.52. The van der Waals surface area contributed by atoms with E-state index in [-0.39, 0.29) is 16.4 Å². The van der Waals surface area contributed by atoms with Gasteiger partial charge in [0, 0.05) is 30.5 Å². The molecule has 1 amide bonds. The Kier molecular flexibility index (Phi) is 4.15. The SMILES string of the molecule is CN(C)C[C@H]1[C@@H]2CC[C@@]3(CN(C(=O)c4ccc(S(N)(=O)=O)cc4)C[C@@H]13)O2. The standard InChI is InChI=1S/C18H25N3O4S/c1-20(2)9-14-15-10-21(11-18(15)8-7-16(14)25-18)17(22)12-3-5-13(6-4-12)26(19,23)24/h3-6,14-16H,7-11H2,1-2H3,(H2,19,23,24)/t14-,15+,16+,18+/m1/s1. The molecule has 1 aromatic carbocycles. The van der Waals surface area contributed by atoms with Crippen LogP contribution in [0, 0.1) is 11.8 Å². The van der Waals surface area contributed by atoms with Crippen molar-refractivity contribution >= 4 is 15.9 Å². The number of ether oxygens (including phenoxy) is 1. The lowest BCUT2D eigenvalue weighted by atomic mass is 9.73. The zero-order valence-corrected chi connectivity index (χ0v) is 15.9. The van der Waals surface area contributed by atoms with Crippen LogP contribution in [0.15, 0.2) is 29.2 Å². The van der Waals surface area contributed by atoms with Crippen molar-refractivity contribution in [3.63, 3.8) is 0 Å². The van der Waals surface area contributed by atoms with Gasteiger partial charge in [-0.05, 0) is 51.2 Å². The fraction of sp³-hybridized carbons (Fsp3) is 0.611. The van der Waals surface area contributed by atoms with Crippen molar-refractivity contribution in [1.29, 1.82) is 0 Å². The molecule has 2 bridgehead atoms. The average molecular weight is 379 g/mol. The average Bonchev–Trinajstić information content (AvgIpc) is 3.23. The lowest BCUT2D eigenvalue weighted by Gasteiger charge is -2.30. The fourth-order valence-electron chi connectivity index (χ4n) is 4.98. The number of amides is 1. The molecule has 0 radical (unpaired) electrons. The molecule has 1 aromatic rings. The maximum Gasteiger partial charge on any atom is 0.253 e. The number of carbonyl (C=O) groups is 1. The Labute approximate surface area is 154 Å². The van der Waals surface area contributed by atoms with Crippen molar-refractivity contribution in [2.45, 2.75) is 29.4 Å². The van der Waals surface area contributed by atoms with Crippen LogP contribution in [-0.4, -0.2) is 69.6 Å². The quantitative estimate of drug-likeness (QED) is 0.823. The van der Waals surface area contributed by atoms with Crippen molar-refractivity contribution < 1.29 is 17.9 Å². The first kappa shape index (κ1) is 17.9. The van der Waals surface area contributed by atoms with Crippen LogP contribution in [0.3, 0.4) is 0 Å². The van der Waals surface area contributed by atoms with E-state index in [1.165, 1.54) is 24.3 Å². The van der Waals surface area contributed by atoms with Gasteiger partial charge in [0.25, 0.3) is 5.91 Å². The fourth-order valence-corrected chi connectivity index (χ4v) is 5.50. The summed E-state index contributed by atoms with van der Waals surface area (Å²) in [7, 11) is 0.393. The third-order valence-electron chi connectivity index (χ3n) is 6.08. The van der Waals surface area contributed by atoms with E-state index in [1.54, 1.807) is 0 Å². The van der Waals surface area contributed by atoms with Gasteiger partial charge in [-0.25, -0.2) is 13.6 Å². The summed E-state index contributed by atoms with van der Waals surface area (Å²) in [4.78, 5) is 17.0. The number of fused-ring (bicyclic) bond motifs is 1. The molecule has 142 valence electrons. The predicted molar refractivity (Wildman–Crippen MR) is 96.1 cm³/mol. The van der Waals surface area contributed by atoms with Crippen LogP contribution in [0.1, 0.15) is 23.2 Å². The first-order valence-electron chi connectivity index (χ1n) is 8.94. The summed E-state index contributed by atoms with van der Waals surface area (Å²) in [6.45, 7) is 2.29. The van der Waals surface area contributed by atoms with Crippen LogP contribution in [-0.2, 0) is 14.8 Å². The summed E-state index contributed by atoms with van der Waals surface area (Å²) in [5, 5.41) is 5.12. The number of carbonyl (C=O) groups excluding carboxylic acids is 1. The summed E-state index contributed by atoms with van der Waals surface area (Å²) in [5.74, 6) is 0.753. The number of hydrogen-bond acceptors (Lipinski definition) is 5. The highest BCUT2D eigenvalue weighted by atomic mass is 32.2. The van der Waals surface area contributed by atoms with Crippen LogP contribution in [0.5, 0.6) is 0 Å². The molecular formula is C18H25N3O4S. The van der Waals surface area contributed by atoms with E-state index >= 15 is 0 Å². The third-order valence-corrected chi connectivity index (χ3v) is 7.01. The minimum absolute atomic E-state index is 0.0129. The molecule has 0 saturated carbocycles. The molecule has 4 rings (SSSR count). The van der Waals surface area contributed by atoms with Gasteiger partial charge < -0.3 is 14.5 Å². The largest absolute Gasteiger partial charge is 0.369 e. The van der Waals surface area contributed by atoms with Gasteiger partial charge in [-0.3, -0.25) is 4.79 Å². The van der Waals surface area contributed by atoms with E-state index in [1.807, 2.05) is 4.90 Å². The maximum absolute atomic E-state index is 12.9. The van der Waals surface area contributed by atoms with Crippen LogP contribution < -0.4 is 5.14 Å². The van der Waals surface area contributed by atoms with Crippen molar-refractivity contribution in [2.75, 3.05) is 33.7 Å². The number of primary sulfonamides is 1. The van der Waals surface area contributed by atoms with Crippen LogP contribution in [0.4, 0.5) is 0 Å². The van der Waals surface area contributed by atoms with Gasteiger partial charge in [0.15, 0.2) is 0 Å². The van der Waals surface area contributed by atoms with Gasteiger partial charge in [0.05, 0.1) is 23.1 Å². The Morgan fingerprint density at radius 1 is 1.35 bits per heavy atom. The molecule has 2 N–H and O–H groups in total. The molecular weight excluding hydrogens is 354 g/mol. The number of benzene rings is 1. The molecule has 3 saturated heterocycles. The van der Waals surface area contributed by atoms with Gasteiger partial charge in [0.2, 0.25) is 10.0 Å². The summed E-state index contributed by atoms with van der Waals surface area (Å²) >= 11 is 0. The zero-order valence-electron chi connectivity index (χ0n) is 15.1. The minimum Gasteiger partial charge on any atom is -0.369 e. The second kappa shape index (κ2) is 6.02. The van der Waals surface area contributed by atoms with E-state index in [9.17, 15) is 13.2 Å². The second-order valence-corrected chi connectivity index (χ2v) is 9.61. The Bertz CT molecular complexity index is 823. The van der Waals surface area contributed by atoms with Gasteiger partial charge in [0.1, 0.15) is 0 Å². The molecule has 3 heterocycles. The van der Waals surface area contributed by atoms with Gasteiger partial charge in [-0.2, -0.15) is 0 Å². The molecule has 4 atom stereocenters. The molecule has 0 aromatic heterocycles. The molecule has 8 heteroatoms. The van der Waals surface area contributed by atoms with E-state index in [0.29, 0.717) is 36.6 Å². The van der Waals surface area contributed by atoms with Gasteiger partial charge in [-0.1, -0.05) is 0 Å². The molecule has 3 fully saturated rings. The van der Waals surface area contributed by atoms with Crippen LogP contribution >= 0.6 is 0 Å². The third kappa shape index (κ3) is 2.85. The van der Waals surface area contributed by atoms with E-state index in [0.717, 1.165) is 19.4 Å². The number of hydrogen-bond donors (Lipinski definition) is 1. The Morgan fingerprint density at radius 2 is 2.04 bits per heavy atom. The normalized spacial score (nSPS) is 33.1. The summed E-state index contributed by atoms with van der Waals surface area (Å²) in [5.41, 5.74) is 0.286. The van der Waals surface area contributed by atoms with Crippen molar-refractivity contribution in [3.8, 4) is 0 Å². The maximum atomic E-state index is 12.9. The minimum atomic E-state index is -3.75. The summed E-state index contributed by atoms with van der Waals surface area (Å²) in [6.07, 6.45) is 2.40. The lowest BCUT2D eigenvalue weighted by molar-refractivity contribution is 0.00256. The summed E-state index contributed by atoms with van der Waals surface area (Å²) in [6, 6.07) is 5.83. The second-order valence-electron chi connectivity index (χ2n) is 8.05. The molecule has 0 aliphatic carbocycles. The molecule has 26 heavy (non-hydrogen) atoms. The highest BCUT2D eigenvalue weighted by Crippen LogP contribution is 2.55. The van der Waals surface area contributed by atoms with E-state index in [4.69, 9.17) is 9.88 Å².